The molecule has 1 aliphatic rings. The van der Waals surface area contributed by atoms with Gasteiger partial charge in [0.1, 0.15) is 5.82 Å². The Hall–Kier alpha value is -1.13. The lowest BCUT2D eigenvalue weighted by Gasteiger charge is -2.32. The summed E-state index contributed by atoms with van der Waals surface area (Å²) in [5.41, 5.74) is 0.826. The first-order valence-corrected chi connectivity index (χ1v) is 6.83. The average molecular weight is 285 g/mol. The molecule has 1 amide bonds. The lowest BCUT2D eigenvalue weighted by atomic mass is 10.0. The van der Waals surface area contributed by atoms with Crippen LogP contribution in [0.3, 0.4) is 0 Å². The van der Waals surface area contributed by atoms with Crippen LogP contribution in [-0.2, 0) is 0 Å². The number of nitrogens with one attached hydrogen (secondary N) is 1. The normalized spacial score (nSPS) is 19.6. The maximum absolute atomic E-state index is 13.4. The lowest BCUT2D eigenvalue weighted by Crippen LogP contribution is -2.47. The van der Waals surface area contributed by atoms with Gasteiger partial charge in [-0.05, 0) is 44.5 Å². The quantitative estimate of drug-likeness (QED) is 0.905. The van der Waals surface area contributed by atoms with E-state index in [-0.39, 0.29) is 16.7 Å². The van der Waals surface area contributed by atoms with Crippen molar-refractivity contribution in [2.45, 2.75) is 25.8 Å². The Labute approximate surface area is 117 Å². The highest BCUT2D eigenvalue weighted by atomic mass is 35.5. The fourth-order valence-electron chi connectivity index (χ4n) is 2.39. The first kappa shape index (κ1) is 14.3. The number of benzene rings is 1. The van der Waals surface area contributed by atoms with Crippen LogP contribution in [0, 0.1) is 12.7 Å². The zero-order valence-corrected chi connectivity index (χ0v) is 11.9. The lowest BCUT2D eigenvalue weighted by molar-refractivity contribution is 0.0698. The molecule has 1 atom stereocenters. The van der Waals surface area contributed by atoms with Crippen LogP contribution in [0.1, 0.15) is 28.8 Å². The second-order valence-corrected chi connectivity index (χ2v) is 5.37. The number of halogens is 2. The van der Waals surface area contributed by atoms with Crippen molar-refractivity contribution in [3.05, 3.63) is 34.1 Å². The zero-order chi connectivity index (χ0) is 14.0. The minimum Gasteiger partial charge on any atom is -0.337 e. The van der Waals surface area contributed by atoms with Crippen LogP contribution in [0.15, 0.2) is 12.1 Å². The SMILES string of the molecule is CN[C@@H]1CCCN(C(=O)c2cc(C)c(F)cc2Cl)C1. The number of amides is 1. The predicted molar refractivity (Wildman–Crippen MR) is 74.1 cm³/mol. The standard InChI is InChI=1S/C14H18ClFN2O/c1-9-6-11(12(15)7-13(9)16)14(19)18-5-3-4-10(8-18)17-2/h6-7,10,17H,3-5,8H2,1-2H3/t10-/m1/s1. The second kappa shape index (κ2) is 5.88. The molecule has 0 saturated carbocycles. The number of nitrogens with zero attached hydrogens (tertiary/aromatic N) is 1. The van der Waals surface area contributed by atoms with Crippen LogP contribution in [-0.4, -0.2) is 37.0 Å². The van der Waals surface area contributed by atoms with Crippen LogP contribution in [0.25, 0.3) is 0 Å². The fourth-order valence-corrected chi connectivity index (χ4v) is 2.62. The number of carbonyl (C=O) groups excluding carboxylic acids is 1. The molecule has 0 bridgehead atoms. The molecule has 1 aromatic rings. The summed E-state index contributed by atoms with van der Waals surface area (Å²) in [5.74, 6) is -0.499. The molecule has 1 aromatic carbocycles. The highest BCUT2D eigenvalue weighted by Gasteiger charge is 2.25. The highest BCUT2D eigenvalue weighted by Crippen LogP contribution is 2.23. The van der Waals surface area contributed by atoms with E-state index in [1.807, 2.05) is 7.05 Å². The maximum Gasteiger partial charge on any atom is 0.255 e. The molecule has 1 fully saturated rings. The molecule has 5 heteroatoms. The molecule has 0 unspecified atom stereocenters. The van der Waals surface area contributed by atoms with Gasteiger partial charge in [0.25, 0.3) is 5.91 Å². The van der Waals surface area contributed by atoms with Gasteiger partial charge < -0.3 is 10.2 Å². The van der Waals surface area contributed by atoms with Gasteiger partial charge in [-0.3, -0.25) is 4.79 Å². The van der Waals surface area contributed by atoms with Gasteiger partial charge in [0.2, 0.25) is 0 Å². The van der Waals surface area contributed by atoms with E-state index in [9.17, 15) is 9.18 Å². The topological polar surface area (TPSA) is 32.3 Å². The molecule has 19 heavy (non-hydrogen) atoms. The molecule has 1 heterocycles. The summed E-state index contributed by atoms with van der Waals surface area (Å²) >= 11 is 5.98. The fraction of sp³-hybridized carbons (Fsp3) is 0.500. The zero-order valence-electron chi connectivity index (χ0n) is 11.2. The van der Waals surface area contributed by atoms with E-state index >= 15 is 0 Å². The van der Waals surface area contributed by atoms with Crippen LogP contribution >= 0.6 is 11.6 Å². The van der Waals surface area contributed by atoms with Gasteiger partial charge in [-0.1, -0.05) is 11.6 Å². The first-order valence-electron chi connectivity index (χ1n) is 6.45. The molecule has 1 saturated heterocycles. The molecule has 0 aromatic heterocycles. The molecule has 1 N–H and O–H groups in total. The minimum atomic E-state index is -0.381. The van der Waals surface area contributed by atoms with Crippen molar-refractivity contribution in [2.24, 2.45) is 0 Å². The third-order valence-electron chi connectivity index (χ3n) is 3.60. The number of aryl methyl sites for hydroxylation is 1. The Morgan fingerprint density at radius 3 is 2.95 bits per heavy atom. The Morgan fingerprint density at radius 1 is 1.53 bits per heavy atom. The number of hydrogen-bond donors (Lipinski definition) is 1. The van der Waals surface area contributed by atoms with E-state index in [0.29, 0.717) is 23.7 Å². The largest absolute Gasteiger partial charge is 0.337 e. The predicted octanol–water partition coefficient (Wildman–Crippen LogP) is 2.61. The van der Waals surface area contributed by atoms with Crippen LogP contribution in [0.2, 0.25) is 5.02 Å². The highest BCUT2D eigenvalue weighted by molar-refractivity contribution is 6.33. The van der Waals surface area contributed by atoms with Crippen molar-refractivity contribution in [2.75, 3.05) is 20.1 Å². The summed E-state index contributed by atoms with van der Waals surface area (Å²) < 4.78 is 13.4. The molecule has 0 radical (unpaired) electrons. The molecular weight excluding hydrogens is 267 g/mol. The summed E-state index contributed by atoms with van der Waals surface area (Å²) in [7, 11) is 1.90. The maximum atomic E-state index is 13.4. The summed E-state index contributed by atoms with van der Waals surface area (Å²) in [6.07, 6.45) is 2.03. The number of rotatable bonds is 2. The van der Waals surface area contributed by atoms with Crippen molar-refractivity contribution in [3.8, 4) is 0 Å². The summed E-state index contributed by atoms with van der Waals surface area (Å²) in [6, 6.07) is 3.06. The van der Waals surface area contributed by atoms with Crippen LogP contribution in [0.5, 0.6) is 0 Å². The molecule has 3 nitrogen and oxygen atoms in total. The van der Waals surface area contributed by atoms with Gasteiger partial charge >= 0.3 is 0 Å². The molecule has 104 valence electrons. The summed E-state index contributed by atoms with van der Waals surface area (Å²) in [5, 5.41) is 3.37. The summed E-state index contributed by atoms with van der Waals surface area (Å²) in [4.78, 5) is 14.2. The number of hydrogen-bond acceptors (Lipinski definition) is 2. The van der Waals surface area contributed by atoms with Crippen LogP contribution < -0.4 is 5.32 Å². The monoisotopic (exact) mass is 284 g/mol. The van der Waals surface area contributed by atoms with Gasteiger partial charge in [0.15, 0.2) is 0 Å². The Bertz CT molecular complexity index is 493. The van der Waals surface area contributed by atoms with Crippen LogP contribution in [0.4, 0.5) is 4.39 Å². The number of likely N-dealkylation sites (N-methyl/N-ethyl adjacent to an activating group) is 1. The van der Waals surface area contributed by atoms with E-state index in [4.69, 9.17) is 11.6 Å². The van der Waals surface area contributed by atoms with Crippen molar-refractivity contribution in [1.29, 1.82) is 0 Å². The van der Waals surface area contributed by atoms with Gasteiger partial charge in [-0.2, -0.15) is 0 Å². The van der Waals surface area contributed by atoms with Crippen molar-refractivity contribution < 1.29 is 9.18 Å². The number of carbonyl (C=O) groups is 1. The van der Waals surface area contributed by atoms with Crippen molar-refractivity contribution >= 4 is 17.5 Å². The van der Waals surface area contributed by atoms with Gasteiger partial charge in [-0.25, -0.2) is 4.39 Å². The van der Waals surface area contributed by atoms with Gasteiger partial charge in [-0.15, -0.1) is 0 Å². The van der Waals surface area contributed by atoms with Crippen molar-refractivity contribution in [3.63, 3.8) is 0 Å². The first-order chi connectivity index (χ1) is 9.02. The molecule has 1 aliphatic heterocycles. The number of likely N-dealkylation sites (tertiary alicyclic amines) is 1. The van der Waals surface area contributed by atoms with E-state index in [1.54, 1.807) is 11.8 Å². The number of piperidine rings is 1. The summed E-state index contributed by atoms with van der Waals surface area (Å²) in [6.45, 7) is 3.03. The molecule has 0 aliphatic carbocycles. The van der Waals surface area contributed by atoms with Gasteiger partial charge in [0, 0.05) is 19.1 Å². The second-order valence-electron chi connectivity index (χ2n) is 4.96. The Kier molecular flexibility index (Phi) is 4.42. The Morgan fingerprint density at radius 2 is 2.26 bits per heavy atom. The third kappa shape index (κ3) is 3.07. The van der Waals surface area contributed by atoms with Crippen molar-refractivity contribution in [1.82, 2.24) is 10.2 Å². The third-order valence-corrected chi connectivity index (χ3v) is 3.91. The van der Waals surface area contributed by atoms with E-state index < -0.39 is 0 Å². The van der Waals surface area contributed by atoms with E-state index in [1.165, 1.54) is 12.1 Å². The van der Waals surface area contributed by atoms with Gasteiger partial charge in [0.05, 0.1) is 10.6 Å². The minimum absolute atomic E-state index is 0.118. The molecule has 0 spiro atoms. The molecule has 2 rings (SSSR count). The Balaban J connectivity index is 2.22. The average Bonchev–Trinajstić information content (AvgIpc) is 2.42. The van der Waals surface area contributed by atoms with E-state index in [0.717, 1.165) is 19.4 Å². The smallest absolute Gasteiger partial charge is 0.255 e. The molecular formula is C14H18ClFN2O. The van der Waals surface area contributed by atoms with E-state index in [2.05, 4.69) is 5.32 Å².